The third-order valence-corrected chi connectivity index (χ3v) is 2.65. The van der Waals surface area contributed by atoms with Gasteiger partial charge in [0.05, 0.1) is 31.4 Å². The van der Waals surface area contributed by atoms with Gasteiger partial charge in [-0.1, -0.05) is 0 Å². The number of aryl methyl sites for hydroxylation is 1. The van der Waals surface area contributed by atoms with Crippen molar-refractivity contribution in [1.29, 1.82) is 0 Å². The summed E-state index contributed by atoms with van der Waals surface area (Å²) in [5, 5.41) is 0. The lowest BCUT2D eigenvalue weighted by molar-refractivity contribution is 0.413. The maximum Gasteiger partial charge on any atom is 0.122 e. The number of hydrogen-bond acceptors (Lipinski definition) is 4. The number of pyridine rings is 1. The predicted octanol–water partition coefficient (Wildman–Crippen LogP) is 1.14. The normalized spacial score (nSPS) is 10.6. The fourth-order valence-electron chi connectivity index (χ4n) is 1.86. The van der Waals surface area contributed by atoms with E-state index in [-0.39, 0.29) is 0 Å². The molecule has 18 heavy (non-hydrogen) atoms. The number of methoxy groups -OCH3 is 1. The van der Waals surface area contributed by atoms with Gasteiger partial charge in [-0.15, -0.1) is 0 Å². The number of hydrogen-bond donors (Lipinski definition) is 1. The number of nitrogens with zero attached hydrogens (tertiary/aromatic N) is 3. The Balaban J connectivity index is 2.14. The quantitative estimate of drug-likeness (QED) is 0.859. The molecule has 0 saturated carbocycles. The first kappa shape index (κ1) is 12.6. The highest BCUT2D eigenvalue weighted by molar-refractivity contribution is 5.26. The molecule has 0 bridgehead atoms. The molecule has 2 rings (SSSR count). The van der Waals surface area contributed by atoms with Crippen molar-refractivity contribution >= 4 is 0 Å². The van der Waals surface area contributed by atoms with Gasteiger partial charge in [0.15, 0.2) is 0 Å². The summed E-state index contributed by atoms with van der Waals surface area (Å²) in [6.07, 6.45) is 4.61. The van der Waals surface area contributed by atoms with Crippen molar-refractivity contribution in [3.05, 3.63) is 41.7 Å². The standard InChI is InChI=1S/C13H18N4O/c1-10-5-13(18-2)6-12(16-10)8-17-7-11(3-4-14)15-9-17/h5-7,9H,3-4,8,14H2,1-2H3. The Labute approximate surface area is 107 Å². The molecule has 0 unspecified atom stereocenters. The summed E-state index contributed by atoms with van der Waals surface area (Å²) in [4.78, 5) is 8.77. The molecule has 0 aromatic carbocycles. The lowest BCUT2D eigenvalue weighted by atomic mass is 10.3. The third-order valence-electron chi connectivity index (χ3n) is 2.65. The topological polar surface area (TPSA) is 66.0 Å². The molecular formula is C13H18N4O. The van der Waals surface area contributed by atoms with Gasteiger partial charge in [0, 0.05) is 30.4 Å². The maximum absolute atomic E-state index is 5.50. The Morgan fingerprint density at radius 1 is 1.33 bits per heavy atom. The summed E-state index contributed by atoms with van der Waals surface area (Å²) < 4.78 is 7.24. The van der Waals surface area contributed by atoms with Crippen molar-refractivity contribution in [3.8, 4) is 5.75 Å². The van der Waals surface area contributed by atoms with Gasteiger partial charge < -0.3 is 15.0 Å². The first-order valence-electron chi connectivity index (χ1n) is 5.93. The summed E-state index contributed by atoms with van der Waals surface area (Å²) in [5.74, 6) is 0.833. The van der Waals surface area contributed by atoms with Gasteiger partial charge in [-0.3, -0.25) is 4.98 Å². The minimum Gasteiger partial charge on any atom is -0.497 e. The summed E-state index contributed by atoms with van der Waals surface area (Å²) in [6, 6.07) is 3.85. The molecule has 0 radical (unpaired) electrons. The van der Waals surface area contributed by atoms with Crippen LogP contribution >= 0.6 is 0 Å². The summed E-state index contributed by atoms with van der Waals surface area (Å²) in [5.41, 5.74) is 8.43. The predicted molar refractivity (Wildman–Crippen MR) is 69.6 cm³/mol. The first-order valence-corrected chi connectivity index (χ1v) is 5.93. The molecule has 5 nitrogen and oxygen atoms in total. The van der Waals surface area contributed by atoms with Crippen molar-refractivity contribution in [2.24, 2.45) is 5.73 Å². The Morgan fingerprint density at radius 3 is 2.89 bits per heavy atom. The van der Waals surface area contributed by atoms with Crippen LogP contribution < -0.4 is 10.5 Å². The van der Waals surface area contributed by atoms with Gasteiger partial charge >= 0.3 is 0 Å². The zero-order valence-corrected chi connectivity index (χ0v) is 10.8. The molecule has 0 aliphatic rings. The molecule has 0 spiro atoms. The van der Waals surface area contributed by atoms with Crippen molar-refractivity contribution in [2.45, 2.75) is 19.9 Å². The van der Waals surface area contributed by atoms with Crippen molar-refractivity contribution in [2.75, 3.05) is 13.7 Å². The number of rotatable bonds is 5. The SMILES string of the molecule is COc1cc(C)nc(Cn2cnc(CCN)c2)c1. The second-order valence-electron chi connectivity index (χ2n) is 4.22. The Morgan fingerprint density at radius 2 is 2.17 bits per heavy atom. The number of aromatic nitrogens is 3. The molecule has 2 aromatic heterocycles. The van der Waals surface area contributed by atoms with E-state index in [4.69, 9.17) is 10.5 Å². The second-order valence-corrected chi connectivity index (χ2v) is 4.22. The third kappa shape index (κ3) is 3.07. The zero-order valence-electron chi connectivity index (χ0n) is 10.8. The van der Waals surface area contributed by atoms with Crippen LogP contribution in [-0.4, -0.2) is 28.2 Å². The van der Waals surface area contributed by atoms with Crippen molar-refractivity contribution in [1.82, 2.24) is 14.5 Å². The van der Waals surface area contributed by atoms with E-state index in [2.05, 4.69) is 9.97 Å². The molecule has 0 aliphatic heterocycles. The van der Waals surface area contributed by atoms with Gasteiger partial charge in [-0.25, -0.2) is 4.98 Å². The minimum absolute atomic E-state index is 0.619. The molecule has 5 heteroatoms. The Kier molecular flexibility index (Phi) is 3.94. The average molecular weight is 246 g/mol. The molecule has 2 N–H and O–H groups in total. The molecule has 2 heterocycles. The summed E-state index contributed by atoms with van der Waals surface area (Å²) >= 11 is 0. The van der Waals surface area contributed by atoms with Gasteiger partial charge in [0.1, 0.15) is 5.75 Å². The van der Waals surface area contributed by atoms with Gasteiger partial charge in [-0.2, -0.15) is 0 Å². The van der Waals surface area contributed by atoms with Crippen LogP contribution in [0.5, 0.6) is 5.75 Å². The largest absolute Gasteiger partial charge is 0.497 e. The zero-order chi connectivity index (χ0) is 13.0. The fourth-order valence-corrected chi connectivity index (χ4v) is 1.86. The molecule has 0 atom stereocenters. The van der Waals surface area contributed by atoms with Crippen LogP contribution in [0.1, 0.15) is 17.1 Å². The average Bonchev–Trinajstić information content (AvgIpc) is 2.76. The highest BCUT2D eigenvalue weighted by Gasteiger charge is 2.03. The van der Waals surface area contributed by atoms with Crippen LogP contribution in [-0.2, 0) is 13.0 Å². The highest BCUT2D eigenvalue weighted by Crippen LogP contribution is 2.14. The number of imidazole rings is 1. The van der Waals surface area contributed by atoms with Crippen LogP contribution in [0.25, 0.3) is 0 Å². The van der Waals surface area contributed by atoms with E-state index in [0.717, 1.165) is 29.3 Å². The lowest BCUT2D eigenvalue weighted by Gasteiger charge is -2.06. The van der Waals surface area contributed by atoms with Crippen molar-refractivity contribution in [3.63, 3.8) is 0 Å². The molecule has 0 amide bonds. The van der Waals surface area contributed by atoms with E-state index >= 15 is 0 Å². The lowest BCUT2D eigenvalue weighted by Crippen LogP contribution is -2.03. The second kappa shape index (κ2) is 5.64. The summed E-state index contributed by atoms with van der Waals surface area (Å²) in [6.45, 7) is 3.27. The number of ether oxygens (including phenoxy) is 1. The molecule has 2 aromatic rings. The molecule has 0 saturated heterocycles. The van der Waals surface area contributed by atoms with Crippen LogP contribution in [0, 0.1) is 6.92 Å². The van der Waals surface area contributed by atoms with E-state index in [1.54, 1.807) is 7.11 Å². The Bertz CT molecular complexity index is 521. The van der Waals surface area contributed by atoms with Crippen molar-refractivity contribution < 1.29 is 4.74 Å². The molecular weight excluding hydrogens is 228 g/mol. The van der Waals surface area contributed by atoms with Gasteiger partial charge in [0.25, 0.3) is 0 Å². The summed E-state index contributed by atoms with van der Waals surface area (Å²) in [7, 11) is 1.66. The van der Waals surface area contributed by atoms with Gasteiger partial charge in [0.2, 0.25) is 0 Å². The fraction of sp³-hybridized carbons (Fsp3) is 0.385. The smallest absolute Gasteiger partial charge is 0.122 e. The highest BCUT2D eigenvalue weighted by atomic mass is 16.5. The molecule has 0 fully saturated rings. The van der Waals surface area contributed by atoms with Crippen LogP contribution in [0.2, 0.25) is 0 Å². The maximum atomic E-state index is 5.50. The van der Waals surface area contributed by atoms with E-state index in [1.165, 1.54) is 0 Å². The first-order chi connectivity index (χ1) is 8.71. The Hall–Kier alpha value is -1.88. The molecule has 0 aliphatic carbocycles. The van der Waals surface area contributed by atoms with Crippen LogP contribution in [0.4, 0.5) is 0 Å². The number of nitrogens with two attached hydrogens (primary N) is 1. The van der Waals surface area contributed by atoms with Crippen LogP contribution in [0.15, 0.2) is 24.7 Å². The van der Waals surface area contributed by atoms with Crippen LogP contribution in [0.3, 0.4) is 0 Å². The van der Waals surface area contributed by atoms with E-state index in [9.17, 15) is 0 Å². The van der Waals surface area contributed by atoms with E-state index in [0.29, 0.717) is 13.1 Å². The van der Waals surface area contributed by atoms with Gasteiger partial charge in [-0.05, 0) is 13.5 Å². The minimum atomic E-state index is 0.619. The monoisotopic (exact) mass is 246 g/mol. The van der Waals surface area contributed by atoms with E-state index < -0.39 is 0 Å². The molecule has 96 valence electrons. The van der Waals surface area contributed by atoms with E-state index in [1.807, 2.05) is 36.1 Å².